The number of nitrogens with one attached hydrogen (secondary N) is 1. The molecule has 0 unspecified atom stereocenters. The summed E-state index contributed by atoms with van der Waals surface area (Å²) in [5.74, 6) is -0.260. The van der Waals surface area contributed by atoms with Crippen LogP contribution in [0.3, 0.4) is 0 Å². The highest BCUT2D eigenvalue weighted by atomic mass is 19.1. The Bertz CT molecular complexity index is 801. The summed E-state index contributed by atoms with van der Waals surface area (Å²) in [6.07, 6.45) is 3.45. The Hall–Kier alpha value is -3.02. The van der Waals surface area contributed by atoms with Crippen molar-refractivity contribution in [2.24, 2.45) is 0 Å². The normalized spacial score (nSPS) is 10.5. The van der Waals surface area contributed by atoms with Crippen LogP contribution in [0.2, 0.25) is 0 Å². The second kappa shape index (κ2) is 6.83. The molecule has 116 valence electrons. The molecule has 0 radical (unpaired) electrons. The number of nitrogens with zero attached hydrogens (tertiary/aromatic N) is 3. The van der Waals surface area contributed by atoms with Crippen LogP contribution in [0.1, 0.15) is 11.3 Å². The molecule has 0 saturated heterocycles. The minimum absolute atomic E-state index is 0.0280. The smallest absolute Gasteiger partial charge is 0.230 e. The Labute approximate surface area is 132 Å². The van der Waals surface area contributed by atoms with Crippen molar-refractivity contribution < 1.29 is 9.18 Å². The van der Waals surface area contributed by atoms with Gasteiger partial charge in [0.2, 0.25) is 5.91 Å². The number of aromatic nitrogens is 3. The van der Waals surface area contributed by atoms with Gasteiger partial charge in [0.1, 0.15) is 5.82 Å². The first-order chi connectivity index (χ1) is 11.2. The highest BCUT2D eigenvalue weighted by Gasteiger charge is 2.09. The lowest BCUT2D eigenvalue weighted by molar-refractivity contribution is -0.115. The predicted octanol–water partition coefficient (Wildman–Crippen LogP) is 2.65. The molecule has 0 fully saturated rings. The van der Waals surface area contributed by atoms with Crippen LogP contribution in [-0.2, 0) is 17.8 Å². The highest BCUT2D eigenvalue weighted by molar-refractivity contribution is 5.91. The maximum atomic E-state index is 13.5. The molecule has 6 heteroatoms. The molecule has 1 amide bonds. The summed E-state index contributed by atoms with van der Waals surface area (Å²) in [6, 6.07) is 13.6. The summed E-state index contributed by atoms with van der Waals surface area (Å²) in [7, 11) is 0. The lowest BCUT2D eigenvalue weighted by Gasteiger charge is -2.04. The minimum atomic E-state index is -0.386. The van der Waals surface area contributed by atoms with E-state index < -0.39 is 0 Å². The number of anilines is 1. The summed E-state index contributed by atoms with van der Waals surface area (Å²) in [6.45, 7) is 0.518. The Morgan fingerprint density at radius 1 is 1.13 bits per heavy atom. The minimum Gasteiger partial charge on any atom is -0.309 e. The molecule has 0 atom stereocenters. The number of carbonyl (C=O) groups excluding carboxylic acids is 1. The first-order valence-electron chi connectivity index (χ1n) is 7.17. The lowest BCUT2D eigenvalue weighted by Crippen LogP contribution is -2.16. The van der Waals surface area contributed by atoms with Crippen LogP contribution in [0, 0.1) is 5.82 Å². The molecule has 0 aliphatic heterocycles. The molecule has 23 heavy (non-hydrogen) atoms. The van der Waals surface area contributed by atoms with Crippen molar-refractivity contribution in [3.63, 3.8) is 0 Å². The second-order valence-electron chi connectivity index (χ2n) is 5.04. The summed E-state index contributed by atoms with van der Waals surface area (Å²) in [4.78, 5) is 16.2. The fourth-order valence-electron chi connectivity index (χ4n) is 2.18. The number of benzene rings is 1. The number of rotatable bonds is 5. The standard InChI is InChI=1S/C17H15FN4O/c18-15-7-2-1-5-13(15)11-17(23)20-16-8-10-22(21-16)12-14-6-3-4-9-19-14/h1-10H,11-12H2,(H,20,21,23). The van der Waals surface area contributed by atoms with E-state index in [1.807, 2.05) is 18.2 Å². The fraction of sp³-hybridized carbons (Fsp3) is 0.118. The maximum absolute atomic E-state index is 13.5. The molecule has 1 N–H and O–H groups in total. The summed E-state index contributed by atoms with van der Waals surface area (Å²) in [5.41, 5.74) is 1.23. The van der Waals surface area contributed by atoms with E-state index in [4.69, 9.17) is 0 Å². The van der Waals surface area contributed by atoms with Crippen molar-refractivity contribution in [3.8, 4) is 0 Å². The van der Waals surface area contributed by atoms with Gasteiger partial charge >= 0.3 is 0 Å². The first-order valence-corrected chi connectivity index (χ1v) is 7.17. The van der Waals surface area contributed by atoms with Crippen LogP contribution in [0.25, 0.3) is 0 Å². The number of hydrogen-bond donors (Lipinski definition) is 1. The molecular weight excluding hydrogens is 295 g/mol. The quantitative estimate of drug-likeness (QED) is 0.788. The van der Waals surface area contributed by atoms with Gasteiger partial charge in [-0.15, -0.1) is 0 Å². The van der Waals surface area contributed by atoms with Crippen LogP contribution < -0.4 is 5.32 Å². The van der Waals surface area contributed by atoms with Crippen LogP contribution >= 0.6 is 0 Å². The van der Waals surface area contributed by atoms with Gasteiger partial charge in [-0.3, -0.25) is 14.5 Å². The molecular formula is C17H15FN4O. The zero-order chi connectivity index (χ0) is 16.1. The molecule has 2 aromatic heterocycles. The van der Waals surface area contributed by atoms with Crippen molar-refractivity contribution in [1.29, 1.82) is 0 Å². The largest absolute Gasteiger partial charge is 0.309 e. The van der Waals surface area contributed by atoms with E-state index in [9.17, 15) is 9.18 Å². The van der Waals surface area contributed by atoms with Gasteiger partial charge in [-0.25, -0.2) is 4.39 Å². The van der Waals surface area contributed by atoms with Crippen molar-refractivity contribution in [3.05, 3.63) is 78.0 Å². The van der Waals surface area contributed by atoms with Crippen molar-refractivity contribution >= 4 is 11.7 Å². The Balaban J connectivity index is 1.60. The van der Waals surface area contributed by atoms with E-state index in [0.717, 1.165) is 5.69 Å². The molecule has 1 aromatic carbocycles. The zero-order valence-corrected chi connectivity index (χ0v) is 12.3. The lowest BCUT2D eigenvalue weighted by atomic mass is 10.1. The second-order valence-corrected chi connectivity index (χ2v) is 5.04. The molecule has 5 nitrogen and oxygen atoms in total. The Morgan fingerprint density at radius 3 is 2.74 bits per heavy atom. The monoisotopic (exact) mass is 310 g/mol. The predicted molar refractivity (Wildman–Crippen MR) is 84.3 cm³/mol. The van der Waals surface area contributed by atoms with E-state index in [-0.39, 0.29) is 18.1 Å². The van der Waals surface area contributed by atoms with E-state index in [0.29, 0.717) is 17.9 Å². The molecule has 3 rings (SSSR count). The number of pyridine rings is 1. The number of hydrogen-bond acceptors (Lipinski definition) is 3. The molecule has 0 saturated carbocycles. The third kappa shape index (κ3) is 4.00. The number of amides is 1. The van der Waals surface area contributed by atoms with Gasteiger partial charge in [0.05, 0.1) is 18.7 Å². The van der Waals surface area contributed by atoms with Gasteiger partial charge in [0.15, 0.2) is 5.82 Å². The van der Waals surface area contributed by atoms with Gasteiger partial charge in [0, 0.05) is 18.5 Å². The van der Waals surface area contributed by atoms with Crippen molar-refractivity contribution in [2.45, 2.75) is 13.0 Å². The first kappa shape index (κ1) is 14.9. The summed E-state index contributed by atoms with van der Waals surface area (Å²) in [5, 5.41) is 6.93. The average molecular weight is 310 g/mol. The Morgan fingerprint density at radius 2 is 1.96 bits per heavy atom. The summed E-state index contributed by atoms with van der Waals surface area (Å²) >= 11 is 0. The van der Waals surface area contributed by atoms with E-state index in [1.165, 1.54) is 6.07 Å². The van der Waals surface area contributed by atoms with Crippen LogP contribution in [0.15, 0.2) is 60.9 Å². The highest BCUT2D eigenvalue weighted by Crippen LogP contribution is 2.09. The Kier molecular flexibility index (Phi) is 4.42. The van der Waals surface area contributed by atoms with Gasteiger partial charge < -0.3 is 5.32 Å². The van der Waals surface area contributed by atoms with Crippen molar-refractivity contribution in [1.82, 2.24) is 14.8 Å². The molecule has 0 aliphatic carbocycles. The van der Waals surface area contributed by atoms with Gasteiger partial charge in [-0.1, -0.05) is 24.3 Å². The molecule has 0 aliphatic rings. The van der Waals surface area contributed by atoms with Crippen LogP contribution in [0.5, 0.6) is 0 Å². The van der Waals surface area contributed by atoms with E-state index >= 15 is 0 Å². The van der Waals surface area contributed by atoms with Crippen LogP contribution in [0.4, 0.5) is 10.2 Å². The third-order valence-corrected chi connectivity index (χ3v) is 3.27. The van der Waals surface area contributed by atoms with E-state index in [2.05, 4.69) is 15.4 Å². The SMILES string of the molecule is O=C(Cc1ccccc1F)Nc1ccn(Cc2ccccn2)n1. The average Bonchev–Trinajstić information content (AvgIpc) is 2.97. The molecule has 3 aromatic rings. The van der Waals surface area contributed by atoms with Gasteiger partial charge in [0.25, 0.3) is 0 Å². The van der Waals surface area contributed by atoms with Gasteiger partial charge in [-0.05, 0) is 23.8 Å². The number of carbonyl (C=O) groups is 1. The van der Waals surface area contributed by atoms with Gasteiger partial charge in [-0.2, -0.15) is 5.10 Å². The number of halogens is 1. The van der Waals surface area contributed by atoms with Crippen LogP contribution in [-0.4, -0.2) is 20.7 Å². The molecule has 0 bridgehead atoms. The van der Waals surface area contributed by atoms with Crippen molar-refractivity contribution in [2.75, 3.05) is 5.32 Å². The third-order valence-electron chi connectivity index (χ3n) is 3.27. The molecule has 2 heterocycles. The fourth-order valence-corrected chi connectivity index (χ4v) is 2.18. The molecule has 0 spiro atoms. The summed E-state index contributed by atoms with van der Waals surface area (Å²) < 4.78 is 15.2. The topological polar surface area (TPSA) is 59.8 Å². The maximum Gasteiger partial charge on any atom is 0.230 e. The van der Waals surface area contributed by atoms with E-state index in [1.54, 1.807) is 41.3 Å². The zero-order valence-electron chi connectivity index (χ0n) is 12.3.